The molecule has 3 heterocycles. The fourth-order valence-corrected chi connectivity index (χ4v) is 4.51. The van der Waals surface area contributed by atoms with E-state index in [-0.39, 0.29) is 5.28 Å². The molecule has 8 heteroatoms. The van der Waals surface area contributed by atoms with E-state index in [1.54, 1.807) is 0 Å². The number of rotatable bonds is 3. The third-order valence-electron chi connectivity index (χ3n) is 4.35. The summed E-state index contributed by atoms with van der Waals surface area (Å²) in [4.78, 5) is 22.9. The summed E-state index contributed by atoms with van der Waals surface area (Å²) in [5.41, 5.74) is 1.94. The molecule has 2 aromatic heterocycles. The number of carboxylic acid groups (broad SMARTS) is 1. The lowest BCUT2D eigenvalue weighted by atomic mass is 10.1. The lowest BCUT2D eigenvalue weighted by Crippen LogP contribution is -2.36. The number of benzene rings is 1. The van der Waals surface area contributed by atoms with E-state index in [0.29, 0.717) is 23.8 Å². The maximum Gasteiger partial charge on any atom is 0.326 e. The summed E-state index contributed by atoms with van der Waals surface area (Å²) in [6.45, 7) is 0.634. The molecule has 0 radical (unpaired) electrons. The van der Waals surface area contributed by atoms with Crippen molar-refractivity contribution in [1.29, 1.82) is 0 Å². The number of halogens is 2. The van der Waals surface area contributed by atoms with Crippen molar-refractivity contribution >= 4 is 56.5 Å². The zero-order valence-electron chi connectivity index (χ0n) is 12.9. The first-order valence-electron chi connectivity index (χ1n) is 7.74. The number of hydrogen-bond donors (Lipinski definition) is 1. The number of aromatic nitrogens is 2. The zero-order chi connectivity index (χ0) is 17.6. The van der Waals surface area contributed by atoms with E-state index in [2.05, 4.69) is 9.97 Å². The van der Waals surface area contributed by atoms with Crippen LogP contribution < -0.4 is 4.90 Å². The summed E-state index contributed by atoms with van der Waals surface area (Å²) in [6, 6.07) is 6.92. The van der Waals surface area contributed by atoms with Crippen LogP contribution in [0.5, 0.6) is 0 Å². The lowest BCUT2D eigenvalue weighted by molar-refractivity contribution is -0.138. The molecule has 1 N–H and O–H groups in total. The highest BCUT2D eigenvalue weighted by Gasteiger charge is 2.33. The van der Waals surface area contributed by atoms with Crippen LogP contribution in [0.4, 0.5) is 5.82 Å². The van der Waals surface area contributed by atoms with E-state index in [1.165, 1.54) is 11.3 Å². The number of anilines is 1. The van der Waals surface area contributed by atoms with Crippen LogP contribution in [0.15, 0.2) is 29.6 Å². The zero-order valence-corrected chi connectivity index (χ0v) is 15.3. The molecular weight excluding hydrogens is 381 g/mol. The number of thiophene rings is 1. The van der Waals surface area contributed by atoms with Crippen LogP contribution in [0.2, 0.25) is 10.3 Å². The molecule has 0 saturated carbocycles. The first kappa shape index (κ1) is 16.6. The van der Waals surface area contributed by atoms with Crippen molar-refractivity contribution in [3.8, 4) is 11.1 Å². The molecule has 0 aliphatic carbocycles. The second kappa shape index (κ2) is 6.44. The molecule has 0 amide bonds. The van der Waals surface area contributed by atoms with Crippen molar-refractivity contribution in [3.63, 3.8) is 0 Å². The van der Waals surface area contributed by atoms with Gasteiger partial charge in [0.15, 0.2) is 0 Å². The van der Waals surface area contributed by atoms with Crippen molar-refractivity contribution in [2.24, 2.45) is 0 Å². The van der Waals surface area contributed by atoms with E-state index in [0.717, 1.165) is 27.8 Å². The standard InChI is InChI=1S/C17H13Cl2N3O2S/c18-10-5-3-9(4-6-10)11-8-25-15-13(11)14(20-17(19)21-15)22-7-1-2-12(22)16(23)24/h3-6,8,12H,1-2,7H2,(H,23,24). The van der Waals surface area contributed by atoms with E-state index in [4.69, 9.17) is 23.2 Å². The highest BCUT2D eigenvalue weighted by Crippen LogP contribution is 2.41. The summed E-state index contributed by atoms with van der Waals surface area (Å²) in [6.07, 6.45) is 1.40. The quantitative estimate of drug-likeness (QED) is 0.652. The minimum atomic E-state index is -0.844. The third-order valence-corrected chi connectivity index (χ3v) is 5.65. The highest BCUT2D eigenvalue weighted by atomic mass is 35.5. The second-order valence-corrected chi connectivity index (χ2v) is 7.47. The van der Waals surface area contributed by atoms with E-state index in [9.17, 15) is 9.90 Å². The predicted molar refractivity (Wildman–Crippen MR) is 101 cm³/mol. The van der Waals surface area contributed by atoms with Gasteiger partial charge in [0.05, 0.1) is 5.39 Å². The van der Waals surface area contributed by atoms with Crippen LogP contribution in [0.1, 0.15) is 12.8 Å². The van der Waals surface area contributed by atoms with Gasteiger partial charge in [-0.2, -0.15) is 4.98 Å². The van der Waals surface area contributed by atoms with Crippen molar-refractivity contribution in [2.45, 2.75) is 18.9 Å². The number of hydrogen-bond acceptors (Lipinski definition) is 5. The van der Waals surface area contributed by atoms with Gasteiger partial charge >= 0.3 is 5.97 Å². The van der Waals surface area contributed by atoms with Crippen LogP contribution in [0.25, 0.3) is 21.3 Å². The Morgan fingerprint density at radius 3 is 2.72 bits per heavy atom. The van der Waals surface area contributed by atoms with Crippen molar-refractivity contribution in [1.82, 2.24) is 9.97 Å². The molecule has 25 heavy (non-hydrogen) atoms. The van der Waals surface area contributed by atoms with E-state index >= 15 is 0 Å². The Balaban J connectivity index is 1.93. The maximum atomic E-state index is 11.6. The Hall–Kier alpha value is -1.89. The number of fused-ring (bicyclic) bond motifs is 1. The van der Waals surface area contributed by atoms with Crippen LogP contribution >= 0.6 is 34.5 Å². The minimum absolute atomic E-state index is 0.128. The second-order valence-electron chi connectivity index (χ2n) is 5.84. The smallest absolute Gasteiger partial charge is 0.326 e. The molecule has 1 saturated heterocycles. The SMILES string of the molecule is O=C(O)C1CCCN1c1nc(Cl)nc2scc(-c3ccc(Cl)cc3)c12. The summed E-state index contributed by atoms with van der Waals surface area (Å²) < 4.78 is 0. The molecule has 5 nitrogen and oxygen atoms in total. The fraction of sp³-hybridized carbons (Fsp3) is 0.235. The summed E-state index contributed by atoms with van der Waals surface area (Å²) in [7, 11) is 0. The van der Waals surface area contributed by atoms with Crippen molar-refractivity contribution < 1.29 is 9.90 Å². The van der Waals surface area contributed by atoms with Gasteiger partial charge in [-0.25, -0.2) is 9.78 Å². The number of nitrogens with zero attached hydrogens (tertiary/aromatic N) is 3. The molecule has 0 spiro atoms. The van der Waals surface area contributed by atoms with Crippen LogP contribution in [0.3, 0.4) is 0 Å². The molecule has 1 aromatic carbocycles. The molecule has 1 fully saturated rings. The van der Waals surface area contributed by atoms with E-state index < -0.39 is 12.0 Å². The largest absolute Gasteiger partial charge is 0.480 e. The highest BCUT2D eigenvalue weighted by molar-refractivity contribution is 7.17. The Labute approximate surface area is 157 Å². The van der Waals surface area contributed by atoms with Gasteiger partial charge in [-0.15, -0.1) is 11.3 Å². The van der Waals surface area contributed by atoms with Gasteiger partial charge in [0.2, 0.25) is 5.28 Å². The Bertz CT molecular complexity index is 958. The maximum absolute atomic E-state index is 11.6. The molecular formula is C17H13Cl2N3O2S. The van der Waals surface area contributed by atoms with Gasteiger partial charge < -0.3 is 10.0 Å². The summed E-state index contributed by atoms with van der Waals surface area (Å²) >= 11 is 13.6. The molecule has 1 atom stereocenters. The molecule has 1 aliphatic rings. The van der Waals surface area contributed by atoms with Gasteiger partial charge in [-0.05, 0) is 42.1 Å². The number of carbonyl (C=O) groups is 1. The first-order valence-corrected chi connectivity index (χ1v) is 9.38. The van der Waals surface area contributed by atoms with Crippen LogP contribution in [-0.2, 0) is 4.79 Å². The topological polar surface area (TPSA) is 66.3 Å². The Morgan fingerprint density at radius 2 is 2.00 bits per heavy atom. The average molecular weight is 394 g/mol. The molecule has 1 aliphatic heterocycles. The molecule has 3 aromatic rings. The van der Waals surface area contributed by atoms with Gasteiger partial charge in [-0.1, -0.05) is 23.7 Å². The summed E-state index contributed by atoms with van der Waals surface area (Å²) in [5.74, 6) is -0.255. The Kier molecular flexibility index (Phi) is 4.27. The van der Waals surface area contributed by atoms with Gasteiger partial charge in [0.1, 0.15) is 16.7 Å². The predicted octanol–water partition coefficient (Wildman–Crippen LogP) is 4.72. The number of carboxylic acids is 1. The fourth-order valence-electron chi connectivity index (χ4n) is 3.22. The van der Waals surface area contributed by atoms with Crippen molar-refractivity contribution in [2.75, 3.05) is 11.4 Å². The minimum Gasteiger partial charge on any atom is -0.480 e. The van der Waals surface area contributed by atoms with E-state index in [1.807, 2.05) is 34.5 Å². The van der Waals surface area contributed by atoms with Crippen molar-refractivity contribution in [3.05, 3.63) is 40.0 Å². The lowest BCUT2D eigenvalue weighted by Gasteiger charge is -2.23. The van der Waals surface area contributed by atoms with Crippen LogP contribution in [-0.4, -0.2) is 33.6 Å². The van der Waals surface area contributed by atoms with Gasteiger partial charge in [0, 0.05) is 22.5 Å². The third kappa shape index (κ3) is 2.94. The number of aliphatic carboxylic acids is 1. The van der Waals surface area contributed by atoms with Crippen LogP contribution in [0, 0.1) is 0 Å². The van der Waals surface area contributed by atoms with Gasteiger partial charge in [0.25, 0.3) is 0 Å². The monoisotopic (exact) mass is 393 g/mol. The molecule has 0 bridgehead atoms. The Morgan fingerprint density at radius 1 is 1.24 bits per heavy atom. The normalized spacial score (nSPS) is 17.4. The first-order chi connectivity index (χ1) is 12.0. The molecule has 4 rings (SSSR count). The molecule has 1 unspecified atom stereocenters. The molecule has 128 valence electrons. The summed E-state index contributed by atoms with van der Waals surface area (Å²) in [5, 5.41) is 13.1. The average Bonchev–Trinajstić information content (AvgIpc) is 3.21. The van der Waals surface area contributed by atoms with Gasteiger partial charge in [-0.3, -0.25) is 0 Å².